The minimum Gasteiger partial charge on any atom is -0.311 e. The molecule has 2 heteroatoms. The first kappa shape index (κ1) is 16.1. The second-order valence-corrected chi connectivity index (χ2v) is 6.00. The molecule has 0 bridgehead atoms. The topological polar surface area (TPSA) is 15.3 Å². The minimum absolute atomic E-state index is 0.477. The van der Waals surface area contributed by atoms with Crippen molar-refractivity contribution in [1.29, 1.82) is 0 Å². The van der Waals surface area contributed by atoms with Crippen LogP contribution in [0.15, 0.2) is 30.3 Å². The Hall–Kier alpha value is -1.30. The molecule has 0 radical (unpaired) electrons. The van der Waals surface area contributed by atoms with Crippen LogP contribution in [0.25, 0.3) is 0 Å². The first-order chi connectivity index (χ1) is 10.3. The van der Waals surface area contributed by atoms with Crippen LogP contribution in [-0.2, 0) is 0 Å². The molecule has 0 aromatic heterocycles. The Kier molecular flexibility index (Phi) is 6.29. The number of nitrogens with one attached hydrogen (secondary N) is 1. The molecule has 2 rings (SSSR count). The van der Waals surface area contributed by atoms with Gasteiger partial charge in [0.2, 0.25) is 0 Å². The molecule has 114 valence electrons. The zero-order valence-corrected chi connectivity index (χ0v) is 13.6. The van der Waals surface area contributed by atoms with Gasteiger partial charge >= 0.3 is 0 Å². The Morgan fingerprint density at radius 3 is 2.76 bits per heavy atom. The van der Waals surface area contributed by atoms with Crippen molar-refractivity contribution in [2.45, 2.75) is 45.7 Å². The number of rotatable bonds is 5. The predicted octanol–water partition coefficient (Wildman–Crippen LogP) is 3.46. The van der Waals surface area contributed by atoms with E-state index in [9.17, 15) is 0 Å². The Balaban J connectivity index is 2.09. The van der Waals surface area contributed by atoms with Gasteiger partial charge in [-0.1, -0.05) is 50.6 Å². The zero-order valence-electron chi connectivity index (χ0n) is 13.6. The first-order valence-corrected chi connectivity index (χ1v) is 8.18. The molecular formula is C19H28N2. The number of piperazine rings is 1. The molecule has 3 atom stereocenters. The summed E-state index contributed by atoms with van der Waals surface area (Å²) in [6.07, 6.45) is 2.20. The van der Waals surface area contributed by atoms with E-state index in [1.807, 2.05) is 6.92 Å². The van der Waals surface area contributed by atoms with Gasteiger partial charge in [-0.3, -0.25) is 4.90 Å². The van der Waals surface area contributed by atoms with Gasteiger partial charge in [-0.2, -0.15) is 0 Å². The third-order valence-electron chi connectivity index (χ3n) is 4.66. The van der Waals surface area contributed by atoms with Crippen molar-refractivity contribution >= 4 is 0 Å². The smallest absolute Gasteiger partial charge is 0.0473 e. The monoisotopic (exact) mass is 284 g/mol. The summed E-state index contributed by atoms with van der Waals surface area (Å²) in [4.78, 5) is 2.62. The number of hydrogen-bond donors (Lipinski definition) is 1. The lowest BCUT2D eigenvalue weighted by molar-refractivity contribution is 0.111. The molecule has 1 aliphatic rings. The van der Waals surface area contributed by atoms with Crippen LogP contribution in [0.5, 0.6) is 0 Å². The Bertz CT molecular complexity index is 471. The van der Waals surface area contributed by atoms with Crippen LogP contribution in [0.3, 0.4) is 0 Å². The van der Waals surface area contributed by atoms with Crippen LogP contribution in [0.2, 0.25) is 0 Å². The second kappa shape index (κ2) is 8.22. The van der Waals surface area contributed by atoms with Crippen molar-refractivity contribution in [3.63, 3.8) is 0 Å². The van der Waals surface area contributed by atoms with Crippen molar-refractivity contribution in [2.24, 2.45) is 5.92 Å². The molecule has 3 unspecified atom stereocenters. The zero-order chi connectivity index (χ0) is 15.1. The molecule has 0 amide bonds. The van der Waals surface area contributed by atoms with Crippen LogP contribution in [0.4, 0.5) is 0 Å². The van der Waals surface area contributed by atoms with Gasteiger partial charge in [0.05, 0.1) is 0 Å². The number of nitrogens with zero attached hydrogens (tertiary/aromatic N) is 1. The largest absolute Gasteiger partial charge is 0.311 e. The molecule has 1 N–H and O–H groups in total. The highest BCUT2D eigenvalue weighted by molar-refractivity contribution is 5.20. The van der Waals surface area contributed by atoms with Crippen molar-refractivity contribution in [3.05, 3.63) is 35.9 Å². The molecule has 0 spiro atoms. The van der Waals surface area contributed by atoms with Crippen molar-refractivity contribution in [3.8, 4) is 11.8 Å². The molecule has 2 nitrogen and oxygen atoms in total. The summed E-state index contributed by atoms with van der Waals surface area (Å²) in [6, 6.07) is 11.9. The molecule has 1 aromatic rings. The first-order valence-electron chi connectivity index (χ1n) is 8.18. The standard InChI is InChI=1S/C19H28N2/c1-4-6-10-13-21-15-18(16(3)5-2)20-14-19(21)17-11-8-7-9-12-17/h7-9,11-12,16,18-20H,5,10,13-15H2,1-3H3. The van der Waals surface area contributed by atoms with E-state index in [1.165, 1.54) is 12.0 Å². The predicted molar refractivity (Wildman–Crippen MR) is 90.1 cm³/mol. The average molecular weight is 284 g/mol. The molecule has 1 aliphatic heterocycles. The van der Waals surface area contributed by atoms with E-state index < -0.39 is 0 Å². The number of hydrogen-bond acceptors (Lipinski definition) is 2. The normalized spacial score (nSPS) is 24.1. The van der Waals surface area contributed by atoms with Crippen LogP contribution < -0.4 is 5.32 Å². The van der Waals surface area contributed by atoms with Gasteiger partial charge in [-0.25, -0.2) is 0 Å². The molecule has 0 saturated carbocycles. The van der Waals surface area contributed by atoms with E-state index in [2.05, 4.69) is 66.2 Å². The van der Waals surface area contributed by atoms with Crippen molar-refractivity contribution in [1.82, 2.24) is 10.2 Å². The fourth-order valence-corrected chi connectivity index (χ4v) is 3.08. The fourth-order valence-electron chi connectivity index (χ4n) is 3.08. The highest BCUT2D eigenvalue weighted by Crippen LogP contribution is 2.26. The molecule has 21 heavy (non-hydrogen) atoms. The van der Waals surface area contributed by atoms with Crippen molar-refractivity contribution < 1.29 is 0 Å². The van der Waals surface area contributed by atoms with Crippen molar-refractivity contribution in [2.75, 3.05) is 19.6 Å². The van der Waals surface area contributed by atoms with Gasteiger partial charge in [0.1, 0.15) is 0 Å². The molecule has 1 fully saturated rings. The van der Waals surface area contributed by atoms with Gasteiger partial charge in [0, 0.05) is 38.1 Å². The average Bonchev–Trinajstić information content (AvgIpc) is 2.55. The highest BCUT2D eigenvalue weighted by Gasteiger charge is 2.30. The maximum Gasteiger partial charge on any atom is 0.0473 e. The lowest BCUT2D eigenvalue weighted by Gasteiger charge is -2.42. The van der Waals surface area contributed by atoms with E-state index in [-0.39, 0.29) is 0 Å². The summed E-state index contributed by atoms with van der Waals surface area (Å²) in [6.45, 7) is 9.79. The van der Waals surface area contributed by atoms with E-state index in [0.717, 1.165) is 32.0 Å². The Labute approximate surface area is 129 Å². The summed E-state index contributed by atoms with van der Waals surface area (Å²) in [5.41, 5.74) is 1.41. The third kappa shape index (κ3) is 4.33. The summed E-state index contributed by atoms with van der Waals surface area (Å²) >= 11 is 0. The van der Waals surface area contributed by atoms with Gasteiger partial charge in [-0.15, -0.1) is 11.8 Å². The molecular weight excluding hydrogens is 256 g/mol. The maximum atomic E-state index is 3.76. The van der Waals surface area contributed by atoms with Gasteiger partial charge in [-0.05, 0) is 18.4 Å². The molecule has 0 aliphatic carbocycles. The summed E-state index contributed by atoms with van der Waals surface area (Å²) in [7, 11) is 0. The maximum absolute atomic E-state index is 3.76. The van der Waals surface area contributed by atoms with E-state index in [4.69, 9.17) is 0 Å². The fraction of sp³-hybridized carbons (Fsp3) is 0.579. The van der Waals surface area contributed by atoms with Crippen LogP contribution in [0, 0.1) is 17.8 Å². The second-order valence-electron chi connectivity index (χ2n) is 6.00. The van der Waals surface area contributed by atoms with Gasteiger partial charge < -0.3 is 5.32 Å². The molecule has 1 aromatic carbocycles. The lowest BCUT2D eigenvalue weighted by Crippen LogP contribution is -2.54. The summed E-state index contributed by atoms with van der Waals surface area (Å²) in [5.74, 6) is 6.95. The third-order valence-corrected chi connectivity index (χ3v) is 4.66. The Morgan fingerprint density at radius 2 is 2.10 bits per heavy atom. The summed E-state index contributed by atoms with van der Waals surface area (Å²) in [5, 5.41) is 3.76. The Morgan fingerprint density at radius 1 is 1.33 bits per heavy atom. The summed E-state index contributed by atoms with van der Waals surface area (Å²) < 4.78 is 0. The van der Waals surface area contributed by atoms with Crippen LogP contribution >= 0.6 is 0 Å². The van der Waals surface area contributed by atoms with E-state index >= 15 is 0 Å². The van der Waals surface area contributed by atoms with E-state index in [1.54, 1.807) is 0 Å². The van der Waals surface area contributed by atoms with Crippen LogP contribution in [-0.4, -0.2) is 30.6 Å². The van der Waals surface area contributed by atoms with Gasteiger partial charge in [0.15, 0.2) is 0 Å². The van der Waals surface area contributed by atoms with Gasteiger partial charge in [0.25, 0.3) is 0 Å². The molecule has 1 heterocycles. The SMILES string of the molecule is CC#CCCN1CC(C(C)CC)NCC1c1ccccc1. The van der Waals surface area contributed by atoms with E-state index in [0.29, 0.717) is 12.1 Å². The highest BCUT2D eigenvalue weighted by atomic mass is 15.2. The lowest BCUT2D eigenvalue weighted by atomic mass is 9.93. The van der Waals surface area contributed by atoms with Crippen LogP contribution in [0.1, 0.15) is 45.2 Å². The quantitative estimate of drug-likeness (QED) is 0.833. The molecule has 1 saturated heterocycles. The number of benzene rings is 1. The minimum atomic E-state index is 0.477.